The number of para-hydroxylation sites is 1. The summed E-state index contributed by atoms with van der Waals surface area (Å²) in [7, 11) is 0. The summed E-state index contributed by atoms with van der Waals surface area (Å²) >= 11 is 0. The fraction of sp³-hybridized carbons (Fsp3) is 0.500. The minimum Gasteiger partial charge on any atom is -0.480 e. The van der Waals surface area contributed by atoms with Crippen molar-refractivity contribution < 1.29 is 4.74 Å². The second-order valence-corrected chi connectivity index (χ2v) is 9.06. The van der Waals surface area contributed by atoms with Gasteiger partial charge in [0, 0.05) is 62.9 Å². The lowest BCUT2D eigenvalue weighted by molar-refractivity contribution is -0.0133. The standard InChI is InChI=1S/C24H31N5O/c1-4-29-16-19(13-26-29)15-27-11-9-24(10-12-27)23-22(25-17-28(23)14-18(2)3)20-7-5-6-8-21(20)30-24/h5-8,13,16-18H,4,9-12,14-15H2,1-3H3. The fourth-order valence-electron chi connectivity index (χ4n) is 4.93. The van der Waals surface area contributed by atoms with E-state index in [1.54, 1.807) is 0 Å². The number of rotatable bonds is 5. The van der Waals surface area contributed by atoms with Crippen molar-refractivity contribution in [3.8, 4) is 17.0 Å². The predicted octanol–water partition coefficient (Wildman–Crippen LogP) is 4.31. The molecule has 0 unspecified atom stereocenters. The van der Waals surface area contributed by atoms with Crippen LogP contribution < -0.4 is 4.74 Å². The van der Waals surface area contributed by atoms with Gasteiger partial charge < -0.3 is 9.30 Å². The van der Waals surface area contributed by atoms with Crippen molar-refractivity contribution in [3.05, 3.63) is 54.2 Å². The van der Waals surface area contributed by atoms with Crippen LogP contribution in [0.4, 0.5) is 0 Å². The SMILES string of the molecule is CCn1cc(CN2CCC3(CC2)Oc2ccccc2-c2ncn(CC(C)C)c23)cn1. The molecule has 0 N–H and O–H groups in total. The zero-order chi connectivity index (χ0) is 20.7. The second kappa shape index (κ2) is 7.58. The van der Waals surface area contributed by atoms with Crippen molar-refractivity contribution in [3.63, 3.8) is 0 Å². The molecule has 6 heteroatoms. The smallest absolute Gasteiger partial charge is 0.153 e. The molecule has 0 amide bonds. The molecule has 2 aromatic heterocycles. The van der Waals surface area contributed by atoms with Gasteiger partial charge in [-0.2, -0.15) is 5.10 Å². The van der Waals surface area contributed by atoms with Crippen molar-refractivity contribution >= 4 is 0 Å². The van der Waals surface area contributed by atoms with Gasteiger partial charge in [0.25, 0.3) is 0 Å². The molecule has 0 radical (unpaired) electrons. The van der Waals surface area contributed by atoms with Gasteiger partial charge in [0.2, 0.25) is 0 Å². The molecule has 2 aliphatic rings. The van der Waals surface area contributed by atoms with Gasteiger partial charge in [-0.3, -0.25) is 9.58 Å². The largest absolute Gasteiger partial charge is 0.480 e. The minimum absolute atomic E-state index is 0.292. The van der Waals surface area contributed by atoms with Crippen molar-refractivity contribution in [2.24, 2.45) is 5.92 Å². The Hall–Kier alpha value is -2.60. The summed E-state index contributed by atoms with van der Waals surface area (Å²) in [5, 5.41) is 4.42. The Bertz CT molecular complexity index is 1030. The number of nitrogens with zero attached hydrogens (tertiary/aromatic N) is 5. The Morgan fingerprint density at radius 2 is 1.97 bits per heavy atom. The zero-order valence-electron chi connectivity index (χ0n) is 18.2. The highest BCUT2D eigenvalue weighted by molar-refractivity contribution is 5.72. The number of imidazole rings is 1. The van der Waals surface area contributed by atoms with Crippen LogP contribution in [0, 0.1) is 5.92 Å². The Morgan fingerprint density at radius 3 is 2.70 bits per heavy atom. The Morgan fingerprint density at radius 1 is 1.17 bits per heavy atom. The number of likely N-dealkylation sites (tertiary alicyclic amines) is 1. The number of aryl methyl sites for hydroxylation is 1. The Kier molecular flexibility index (Phi) is 4.89. The number of aromatic nitrogens is 4. The number of ether oxygens (including phenoxy) is 1. The van der Waals surface area contributed by atoms with E-state index in [-0.39, 0.29) is 5.60 Å². The van der Waals surface area contributed by atoms with E-state index in [9.17, 15) is 0 Å². The highest BCUT2D eigenvalue weighted by atomic mass is 16.5. The third-order valence-electron chi connectivity index (χ3n) is 6.36. The first-order valence-electron chi connectivity index (χ1n) is 11.2. The Labute approximate surface area is 178 Å². The third-order valence-corrected chi connectivity index (χ3v) is 6.36. The fourth-order valence-corrected chi connectivity index (χ4v) is 4.93. The topological polar surface area (TPSA) is 48.1 Å². The molecule has 1 spiro atoms. The maximum absolute atomic E-state index is 6.78. The number of piperidine rings is 1. The summed E-state index contributed by atoms with van der Waals surface area (Å²) in [6, 6.07) is 8.36. The maximum Gasteiger partial charge on any atom is 0.153 e. The summed E-state index contributed by atoms with van der Waals surface area (Å²) in [6.45, 7) is 11.5. The van der Waals surface area contributed by atoms with Crippen molar-refractivity contribution in [2.45, 2.75) is 58.8 Å². The van der Waals surface area contributed by atoms with E-state index in [0.29, 0.717) is 5.92 Å². The predicted molar refractivity (Wildman–Crippen MR) is 117 cm³/mol. The van der Waals surface area contributed by atoms with Crippen LogP contribution >= 0.6 is 0 Å². The summed E-state index contributed by atoms with van der Waals surface area (Å²) in [5.74, 6) is 1.53. The van der Waals surface area contributed by atoms with Gasteiger partial charge in [0.15, 0.2) is 5.60 Å². The molecule has 1 aromatic carbocycles. The first-order valence-corrected chi connectivity index (χ1v) is 11.2. The summed E-state index contributed by atoms with van der Waals surface area (Å²) < 4.78 is 11.1. The van der Waals surface area contributed by atoms with Gasteiger partial charge in [0.1, 0.15) is 5.75 Å². The lowest BCUT2D eigenvalue weighted by Gasteiger charge is -2.44. The lowest BCUT2D eigenvalue weighted by Crippen LogP contribution is -2.48. The zero-order valence-corrected chi connectivity index (χ0v) is 18.2. The van der Waals surface area contributed by atoms with Gasteiger partial charge in [-0.05, 0) is 25.0 Å². The Balaban J connectivity index is 1.43. The van der Waals surface area contributed by atoms with Crippen LogP contribution in [0.2, 0.25) is 0 Å². The number of hydrogen-bond acceptors (Lipinski definition) is 4. The van der Waals surface area contributed by atoms with E-state index in [4.69, 9.17) is 9.72 Å². The van der Waals surface area contributed by atoms with E-state index >= 15 is 0 Å². The van der Waals surface area contributed by atoms with E-state index in [2.05, 4.69) is 65.8 Å². The van der Waals surface area contributed by atoms with E-state index in [1.165, 1.54) is 11.3 Å². The van der Waals surface area contributed by atoms with E-state index in [0.717, 1.165) is 62.6 Å². The van der Waals surface area contributed by atoms with Crippen LogP contribution in [0.15, 0.2) is 43.0 Å². The summed E-state index contributed by atoms with van der Waals surface area (Å²) in [4.78, 5) is 7.38. The molecule has 2 aliphatic heterocycles. The molecule has 6 nitrogen and oxygen atoms in total. The number of hydrogen-bond donors (Lipinski definition) is 0. The first-order chi connectivity index (χ1) is 14.6. The van der Waals surface area contributed by atoms with Crippen LogP contribution in [-0.4, -0.2) is 37.3 Å². The lowest BCUT2D eigenvalue weighted by atomic mass is 9.83. The highest BCUT2D eigenvalue weighted by Crippen LogP contribution is 2.49. The van der Waals surface area contributed by atoms with Crippen molar-refractivity contribution in [2.75, 3.05) is 13.1 Å². The van der Waals surface area contributed by atoms with Crippen LogP contribution in [0.25, 0.3) is 11.3 Å². The molecule has 0 bridgehead atoms. The molecular formula is C24H31N5O. The van der Waals surface area contributed by atoms with Gasteiger partial charge in [-0.1, -0.05) is 26.0 Å². The molecular weight excluding hydrogens is 374 g/mol. The quantitative estimate of drug-likeness (QED) is 0.635. The van der Waals surface area contributed by atoms with Crippen LogP contribution in [0.1, 0.15) is 44.9 Å². The second-order valence-electron chi connectivity index (χ2n) is 9.06. The minimum atomic E-state index is -0.292. The summed E-state index contributed by atoms with van der Waals surface area (Å²) in [5.41, 5.74) is 4.49. The molecule has 30 heavy (non-hydrogen) atoms. The number of fused-ring (bicyclic) bond motifs is 4. The average molecular weight is 406 g/mol. The van der Waals surface area contributed by atoms with E-state index in [1.807, 2.05) is 17.2 Å². The third kappa shape index (κ3) is 3.33. The molecule has 1 fully saturated rings. The van der Waals surface area contributed by atoms with Crippen LogP contribution in [-0.2, 0) is 25.2 Å². The van der Waals surface area contributed by atoms with Crippen molar-refractivity contribution in [1.82, 2.24) is 24.2 Å². The van der Waals surface area contributed by atoms with Gasteiger partial charge >= 0.3 is 0 Å². The first kappa shape index (κ1) is 19.4. The average Bonchev–Trinajstić information content (AvgIpc) is 3.37. The molecule has 0 atom stereocenters. The van der Waals surface area contributed by atoms with Crippen LogP contribution in [0.3, 0.4) is 0 Å². The normalized spacial score (nSPS) is 17.7. The monoisotopic (exact) mass is 405 g/mol. The molecule has 4 heterocycles. The van der Waals surface area contributed by atoms with Gasteiger partial charge in [-0.15, -0.1) is 0 Å². The van der Waals surface area contributed by atoms with Crippen molar-refractivity contribution in [1.29, 1.82) is 0 Å². The molecule has 0 saturated carbocycles. The van der Waals surface area contributed by atoms with Crippen LogP contribution in [0.5, 0.6) is 5.75 Å². The molecule has 1 saturated heterocycles. The number of benzene rings is 1. The molecule has 158 valence electrons. The molecule has 0 aliphatic carbocycles. The van der Waals surface area contributed by atoms with Gasteiger partial charge in [-0.25, -0.2) is 4.98 Å². The molecule has 5 rings (SSSR count). The van der Waals surface area contributed by atoms with Gasteiger partial charge in [0.05, 0.1) is 23.9 Å². The highest BCUT2D eigenvalue weighted by Gasteiger charge is 2.46. The maximum atomic E-state index is 6.78. The van der Waals surface area contributed by atoms with E-state index < -0.39 is 0 Å². The molecule has 3 aromatic rings. The summed E-state index contributed by atoms with van der Waals surface area (Å²) in [6.07, 6.45) is 8.12.